The zero-order chi connectivity index (χ0) is 10.8. The predicted molar refractivity (Wildman–Crippen MR) is 54.4 cm³/mol. The van der Waals surface area contributed by atoms with Crippen molar-refractivity contribution in [3.05, 3.63) is 33.9 Å². The molecule has 0 fully saturated rings. The number of nitrogens with two attached hydrogens (primary N) is 1. The van der Waals surface area contributed by atoms with Crippen molar-refractivity contribution < 1.29 is 4.74 Å². The van der Waals surface area contributed by atoms with Crippen molar-refractivity contribution in [2.75, 3.05) is 7.11 Å². The van der Waals surface area contributed by atoms with Gasteiger partial charge in [0.25, 0.3) is 5.56 Å². The third kappa shape index (κ3) is 1.77. The van der Waals surface area contributed by atoms with E-state index in [1.165, 1.54) is 10.6 Å². The molecule has 0 unspecified atom stereocenters. The van der Waals surface area contributed by atoms with Crippen LogP contribution in [-0.2, 0) is 17.9 Å². The summed E-state index contributed by atoms with van der Waals surface area (Å²) in [5, 5.41) is 2.89. The highest BCUT2D eigenvalue weighted by atomic mass is 16.5. The molecule has 0 atom stereocenters. The van der Waals surface area contributed by atoms with Crippen LogP contribution in [0.2, 0.25) is 0 Å². The molecule has 0 saturated carbocycles. The number of H-pyrrole nitrogens is 1. The van der Waals surface area contributed by atoms with Crippen LogP contribution in [0.1, 0.15) is 11.4 Å². The molecule has 15 heavy (non-hydrogen) atoms. The topological polar surface area (TPSA) is 85.4 Å². The summed E-state index contributed by atoms with van der Waals surface area (Å²) in [6.45, 7) is 0.678. The normalized spacial score (nSPS) is 11.1. The molecule has 0 aliphatic heterocycles. The third-order valence-electron chi connectivity index (χ3n) is 2.07. The summed E-state index contributed by atoms with van der Waals surface area (Å²) in [7, 11) is 1.59. The van der Waals surface area contributed by atoms with E-state index >= 15 is 0 Å². The predicted octanol–water partition coefficient (Wildman–Crippen LogP) is -0.372. The Morgan fingerprint density at radius 3 is 3.07 bits per heavy atom. The Hall–Kier alpha value is -1.66. The SMILES string of the molecule is COCc1cc2nc(CN)cc(=O)n2[nH]1. The molecule has 0 amide bonds. The van der Waals surface area contributed by atoms with Crippen LogP contribution in [0, 0.1) is 0 Å². The maximum atomic E-state index is 11.6. The van der Waals surface area contributed by atoms with Gasteiger partial charge in [-0.05, 0) is 0 Å². The fourth-order valence-electron chi connectivity index (χ4n) is 1.42. The average molecular weight is 208 g/mol. The van der Waals surface area contributed by atoms with E-state index in [1.54, 1.807) is 13.2 Å². The second kappa shape index (κ2) is 3.84. The lowest BCUT2D eigenvalue weighted by atomic mass is 10.4. The molecule has 2 rings (SSSR count). The molecule has 80 valence electrons. The summed E-state index contributed by atoms with van der Waals surface area (Å²) >= 11 is 0. The molecule has 0 bridgehead atoms. The number of nitrogens with zero attached hydrogens (tertiary/aromatic N) is 2. The fourth-order valence-corrected chi connectivity index (χ4v) is 1.42. The van der Waals surface area contributed by atoms with E-state index in [-0.39, 0.29) is 12.1 Å². The van der Waals surface area contributed by atoms with Crippen molar-refractivity contribution in [1.29, 1.82) is 0 Å². The largest absolute Gasteiger partial charge is 0.378 e. The first-order valence-corrected chi connectivity index (χ1v) is 4.54. The first-order chi connectivity index (χ1) is 7.24. The summed E-state index contributed by atoms with van der Waals surface area (Å²) < 4.78 is 6.32. The minimum absolute atomic E-state index is 0.164. The number of methoxy groups -OCH3 is 1. The van der Waals surface area contributed by atoms with Gasteiger partial charge in [0.15, 0.2) is 5.65 Å². The van der Waals surface area contributed by atoms with Gasteiger partial charge in [-0.15, -0.1) is 0 Å². The molecule has 6 nitrogen and oxygen atoms in total. The summed E-state index contributed by atoms with van der Waals surface area (Å²) in [6.07, 6.45) is 0. The molecule has 0 saturated heterocycles. The number of hydrogen-bond donors (Lipinski definition) is 2. The van der Waals surface area contributed by atoms with Gasteiger partial charge in [0.05, 0.1) is 18.0 Å². The Kier molecular flexibility index (Phi) is 2.53. The van der Waals surface area contributed by atoms with Crippen molar-refractivity contribution in [3.63, 3.8) is 0 Å². The Labute approximate surface area is 85.7 Å². The molecule has 0 aliphatic rings. The van der Waals surface area contributed by atoms with Crippen LogP contribution in [0.15, 0.2) is 16.9 Å². The number of nitrogens with one attached hydrogen (secondary N) is 1. The second-order valence-electron chi connectivity index (χ2n) is 3.20. The number of rotatable bonds is 3. The van der Waals surface area contributed by atoms with Gasteiger partial charge in [0.1, 0.15) is 0 Å². The van der Waals surface area contributed by atoms with Crippen LogP contribution < -0.4 is 11.3 Å². The highest BCUT2D eigenvalue weighted by molar-refractivity contribution is 5.39. The molecular weight excluding hydrogens is 196 g/mol. The van der Waals surface area contributed by atoms with E-state index in [1.807, 2.05) is 0 Å². The fraction of sp³-hybridized carbons (Fsp3) is 0.333. The van der Waals surface area contributed by atoms with Crippen LogP contribution >= 0.6 is 0 Å². The first-order valence-electron chi connectivity index (χ1n) is 4.54. The van der Waals surface area contributed by atoms with Gasteiger partial charge < -0.3 is 10.5 Å². The maximum Gasteiger partial charge on any atom is 0.272 e. The summed E-state index contributed by atoms with van der Waals surface area (Å²) in [5.74, 6) is 0. The molecule has 0 spiro atoms. The van der Waals surface area contributed by atoms with Gasteiger partial charge in [-0.25, -0.2) is 9.50 Å². The highest BCUT2D eigenvalue weighted by Gasteiger charge is 2.04. The third-order valence-corrected chi connectivity index (χ3v) is 2.07. The highest BCUT2D eigenvalue weighted by Crippen LogP contribution is 2.03. The average Bonchev–Trinajstić information content (AvgIpc) is 2.61. The number of ether oxygens (including phenoxy) is 1. The number of hydrogen-bond acceptors (Lipinski definition) is 4. The molecule has 2 aromatic heterocycles. The van der Waals surface area contributed by atoms with Gasteiger partial charge in [-0.1, -0.05) is 0 Å². The van der Waals surface area contributed by atoms with Crippen LogP contribution in [0.5, 0.6) is 0 Å². The van der Waals surface area contributed by atoms with Gasteiger partial charge in [0, 0.05) is 25.8 Å². The van der Waals surface area contributed by atoms with Crippen LogP contribution in [0.25, 0.3) is 5.65 Å². The van der Waals surface area contributed by atoms with E-state index in [2.05, 4.69) is 10.1 Å². The number of fused-ring (bicyclic) bond motifs is 1. The summed E-state index contributed by atoms with van der Waals surface area (Å²) in [5.41, 5.74) is 7.22. The monoisotopic (exact) mass is 208 g/mol. The molecular formula is C9H12N4O2. The van der Waals surface area contributed by atoms with Gasteiger partial charge in [0.2, 0.25) is 0 Å². The zero-order valence-corrected chi connectivity index (χ0v) is 8.36. The lowest BCUT2D eigenvalue weighted by Gasteiger charge is -1.95. The summed E-state index contributed by atoms with van der Waals surface area (Å²) in [6, 6.07) is 3.18. The van der Waals surface area contributed by atoms with Crippen LogP contribution in [0.3, 0.4) is 0 Å². The molecule has 0 radical (unpaired) electrons. The minimum atomic E-state index is -0.164. The lowest BCUT2D eigenvalue weighted by molar-refractivity contribution is 0.181. The van der Waals surface area contributed by atoms with E-state index in [9.17, 15) is 4.79 Å². The van der Waals surface area contributed by atoms with Crippen LogP contribution in [0.4, 0.5) is 0 Å². The molecule has 2 aromatic rings. The van der Waals surface area contributed by atoms with Crippen molar-refractivity contribution in [3.8, 4) is 0 Å². The van der Waals surface area contributed by atoms with E-state index < -0.39 is 0 Å². The van der Waals surface area contributed by atoms with E-state index in [0.717, 1.165) is 5.69 Å². The zero-order valence-electron chi connectivity index (χ0n) is 8.36. The number of aromatic amines is 1. The second-order valence-corrected chi connectivity index (χ2v) is 3.20. The Bertz CT molecular complexity index is 528. The molecule has 6 heteroatoms. The van der Waals surface area contributed by atoms with Crippen molar-refractivity contribution in [1.82, 2.24) is 14.6 Å². The van der Waals surface area contributed by atoms with Crippen molar-refractivity contribution in [2.45, 2.75) is 13.2 Å². The van der Waals surface area contributed by atoms with E-state index in [0.29, 0.717) is 17.9 Å². The molecule has 0 aromatic carbocycles. The molecule has 0 aliphatic carbocycles. The van der Waals surface area contributed by atoms with E-state index in [4.69, 9.17) is 10.5 Å². The molecule has 2 heterocycles. The standard InChI is InChI=1S/C9H12N4O2/c1-15-5-7-2-8-11-6(4-10)3-9(14)13(8)12-7/h2-3,12H,4-5,10H2,1H3. The quantitative estimate of drug-likeness (QED) is 0.720. The minimum Gasteiger partial charge on any atom is -0.378 e. The van der Waals surface area contributed by atoms with Crippen molar-refractivity contribution >= 4 is 5.65 Å². The van der Waals surface area contributed by atoms with Gasteiger partial charge in [-0.2, -0.15) is 0 Å². The molecule has 3 N–H and O–H groups in total. The van der Waals surface area contributed by atoms with Crippen molar-refractivity contribution in [2.24, 2.45) is 5.73 Å². The van der Waals surface area contributed by atoms with Gasteiger partial charge in [-0.3, -0.25) is 9.89 Å². The van der Waals surface area contributed by atoms with Crippen LogP contribution in [-0.4, -0.2) is 21.7 Å². The smallest absolute Gasteiger partial charge is 0.272 e. The Morgan fingerprint density at radius 2 is 2.40 bits per heavy atom. The Balaban J connectivity index is 2.59. The Morgan fingerprint density at radius 1 is 1.60 bits per heavy atom. The first kappa shape index (κ1) is 9.88. The number of aromatic nitrogens is 3. The van der Waals surface area contributed by atoms with Gasteiger partial charge >= 0.3 is 0 Å². The summed E-state index contributed by atoms with van der Waals surface area (Å²) in [4.78, 5) is 15.8. The maximum absolute atomic E-state index is 11.6. The lowest BCUT2D eigenvalue weighted by Crippen LogP contribution is -2.16.